The van der Waals surface area contributed by atoms with Gasteiger partial charge in [-0.25, -0.2) is 9.78 Å². The van der Waals surface area contributed by atoms with Crippen LogP contribution in [0.1, 0.15) is 32.0 Å². The summed E-state index contributed by atoms with van der Waals surface area (Å²) in [5.74, 6) is 0.934. The summed E-state index contributed by atoms with van der Waals surface area (Å²) in [6, 6.07) is 0.496. The van der Waals surface area contributed by atoms with Crippen molar-refractivity contribution in [3.8, 4) is 0 Å². The maximum absolute atomic E-state index is 11.6. The average molecular weight is 281 g/mol. The van der Waals surface area contributed by atoms with E-state index in [9.17, 15) is 4.79 Å². The number of hydrogen-bond donors (Lipinski definition) is 2. The van der Waals surface area contributed by atoms with Gasteiger partial charge >= 0.3 is 6.09 Å². The van der Waals surface area contributed by atoms with Gasteiger partial charge in [-0.2, -0.15) is 5.10 Å². The zero-order chi connectivity index (χ0) is 14.2. The molecule has 1 aliphatic rings. The molecule has 1 amide bonds. The second kappa shape index (κ2) is 7.84. The highest BCUT2D eigenvalue weighted by atomic mass is 16.6. The molecule has 112 valence electrons. The summed E-state index contributed by atoms with van der Waals surface area (Å²) in [5, 5.41) is 10.2. The van der Waals surface area contributed by atoms with Crippen molar-refractivity contribution in [2.75, 3.05) is 26.2 Å². The Hall–Kier alpha value is -1.63. The smallest absolute Gasteiger partial charge is 0.409 e. The second-order valence-corrected chi connectivity index (χ2v) is 4.95. The van der Waals surface area contributed by atoms with Gasteiger partial charge in [0.15, 0.2) is 0 Å². The lowest BCUT2D eigenvalue weighted by Crippen LogP contribution is -2.45. The lowest BCUT2D eigenvalue weighted by atomic mass is 10.1. The normalized spacial score (nSPS) is 16.4. The number of ether oxygens (including phenoxy) is 1. The summed E-state index contributed by atoms with van der Waals surface area (Å²) in [5.41, 5.74) is 0. The van der Waals surface area contributed by atoms with E-state index in [1.54, 1.807) is 4.90 Å². The quantitative estimate of drug-likeness (QED) is 0.758. The molecule has 0 saturated carbocycles. The fourth-order valence-electron chi connectivity index (χ4n) is 2.39. The van der Waals surface area contributed by atoms with Crippen molar-refractivity contribution in [1.29, 1.82) is 0 Å². The number of carbonyl (C=O) groups is 1. The molecule has 0 atom stereocenters. The molecule has 0 aromatic carbocycles. The number of aromatic nitrogens is 3. The van der Waals surface area contributed by atoms with E-state index in [1.807, 2.05) is 6.92 Å². The predicted octanol–water partition coefficient (Wildman–Crippen LogP) is 0.948. The fourth-order valence-corrected chi connectivity index (χ4v) is 2.39. The largest absolute Gasteiger partial charge is 0.450 e. The van der Waals surface area contributed by atoms with Crippen molar-refractivity contribution in [2.24, 2.45) is 0 Å². The first kappa shape index (κ1) is 14.8. The molecule has 2 rings (SSSR count). The monoisotopic (exact) mass is 281 g/mol. The Morgan fingerprint density at radius 2 is 2.35 bits per heavy atom. The molecule has 1 aromatic rings. The number of likely N-dealkylation sites (tertiary alicyclic amines) is 1. The van der Waals surface area contributed by atoms with Crippen LogP contribution in [0.4, 0.5) is 4.79 Å². The molecule has 0 radical (unpaired) electrons. The van der Waals surface area contributed by atoms with Gasteiger partial charge in [-0.1, -0.05) is 0 Å². The number of rotatable bonds is 6. The Kier molecular flexibility index (Phi) is 5.79. The first-order chi connectivity index (χ1) is 9.79. The van der Waals surface area contributed by atoms with Crippen LogP contribution in [0.3, 0.4) is 0 Å². The summed E-state index contributed by atoms with van der Waals surface area (Å²) >= 11 is 0. The van der Waals surface area contributed by atoms with E-state index < -0.39 is 0 Å². The van der Waals surface area contributed by atoms with Crippen molar-refractivity contribution in [3.05, 3.63) is 12.2 Å². The van der Waals surface area contributed by atoms with Gasteiger partial charge in [0.25, 0.3) is 0 Å². The molecule has 1 aliphatic heterocycles. The third-order valence-electron chi connectivity index (χ3n) is 3.51. The maximum Gasteiger partial charge on any atom is 0.409 e. The van der Waals surface area contributed by atoms with Crippen molar-refractivity contribution in [3.63, 3.8) is 0 Å². The fraction of sp³-hybridized carbons (Fsp3) is 0.769. The summed E-state index contributed by atoms with van der Waals surface area (Å²) < 4.78 is 5.01. The average Bonchev–Trinajstić information content (AvgIpc) is 2.98. The number of aromatic amines is 1. The summed E-state index contributed by atoms with van der Waals surface area (Å²) in [4.78, 5) is 17.4. The lowest BCUT2D eigenvalue weighted by Gasteiger charge is -2.31. The molecule has 1 saturated heterocycles. The topological polar surface area (TPSA) is 83.1 Å². The minimum atomic E-state index is -0.184. The number of hydrogen-bond acceptors (Lipinski definition) is 5. The lowest BCUT2D eigenvalue weighted by molar-refractivity contribution is 0.0951. The van der Waals surface area contributed by atoms with Crippen LogP contribution in [-0.4, -0.2) is 58.5 Å². The van der Waals surface area contributed by atoms with Crippen LogP contribution in [0.15, 0.2) is 6.33 Å². The highest BCUT2D eigenvalue weighted by Crippen LogP contribution is 2.11. The van der Waals surface area contributed by atoms with Crippen LogP contribution in [0.25, 0.3) is 0 Å². The predicted molar refractivity (Wildman–Crippen MR) is 74.3 cm³/mol. The molecule has 2 N–H and O–H groups in total. The minimum absolute atomic E-state index is 0.184. The van der Waals surface area contributed by atoms with E-state index >= 15 is 0 Å². The van der Waals surface area contributed by atoms with E-state index in [-0.39, 0.29) is 6.09 Å². The van der Waals surface area contributed by atoms with Crippen LogP contribution in [-0.2, 0) is 11.2 Å². The van der Waals surface area contributed by atoms with Gasteiger partial charge in [-0.05, 0) is 32.7 Å². The van der Waals surface area contributed by atoms with E-state index in [2.05, 4.69) is 20.5 Å². The van der Waals surface area contributed by atoms with E-state index in [0.717, 1.165) is 51.1 Å². The number of piperidine rings is 1. The summed E-state index contributed by atoms with van der Waals surface area (Å²) in [6.45, 7) is 4.79. The minimum Gasteiger partial charge on any atom is -0.450 e. The van der Waals surface area contributed by atoms with Crippen LogP contribution < -0.4 is 5.32 Å². The van der Waals surface area contributed by atoms with Crippen molar-refractivity contribution in [2.45, 2.75) is 38.6 Å². The molecule has 1 fully saturated rings. The summed E-state index contributed by atoms with van der Waals surface area (Å²) in [7, 11) is 0. The Labute approximate surface area is 119 Å². The first-order valence-electron chi connectivity index (χ1n) is 7.29. The molecule has 7 nitrogen and oxygen atoms in total. The number of carbonyl (C=O) groups excluding carboxylic acids is 1. The van der Waals surface area contributed by atoms with E-state index in [4.69, 9.17) is 4.74 Å². The van der Waals surface area contributed by atoms with Crippen molar-refractivity contribution >= 4 is 6.09 Å². The SMILES string of the molecule is CCOC(=O)N1CCC(NCCCc2ncn[nH]2)CC1. The first-order valence-corrected chi connectivity index (χ1v) is 7.29. The molecule has 0 bridgehead atoms. The highest BCUT2D eigenvalue weighted by molar-refractivity contribution is 5.67. The number of H-pyrrole nitrogens is 1. The van der Waals surface area contributed by atoms with Crippen molar-refractivity contribution in [1.82, 2.24) is 25.4 Å². The van der Waals surface area contributed by atoms with Gasteiger partial charge in [0.2, 0.25) is 0 Å². The van der Waals surface area contributed by atoms with E-state index in [0.29, 0.717) is 12.6 Å². The molecular formula is C13H23N5O2. The molecular weight excluding hydrogens is 258 g/mol. The number of amides is 1. The molecule has 20 heavy (non-hydrogen) atoms. The molecule has 7 heteroatoms. The van der Waals surface area contributed by atoms with Gasteiger partial charge in [-0.15, -0.1) is 0 Å². The van der Waals surface area contributed by atoms with Crippen LogP contribution in [0.2, 0.25) is 0 Å². The molecule has 0 spiro atoms. The van der Waals surface area contributed by atoms with Crippen LogP contribution in [0.5, 0.6) is 0 Å². The standard InChI is InChI=1S/C13H23N5O2/c1-2-20-13(19)18-8-5-11(6-9-18)14-7-3-4-12-15-10-16-17-12/h10-11,14H,2-9H2,1H3,(H,15,16,17). The van der Waals surface area contributed by atoms with Gasteiger partial charge in [-0.3, -0.25) is 5.10 Å². The highest BCUT2D eigenvalue weighted by Gasteiger charge is 2.22. The van der Waals surface area contributed by atoms with Crippen LogP contribution in [0, 0.1) is 0 Å². The van der Waals surface area contributed by atoms with Crippen LogP contribution >= 0.6 is 0 Å². The Bertz CT molecular complexity index is 387. The Morgan fingerprint density at radius 3 is 3.00 bits per heavy atom. The maximum atomic E-state index is 11.6. The van der Waals surface area contributed by atoms with Crippen molar-refractivity contribution < 1.29 is 9.53 Å². The third kappa shape index (κ3) is 4.48. The van der Waals surface area contributed by atoms with Gasteiger partial charge in [0, 0.05) is 25.6 Å². The van der Waals surface area contributed by atoms with E-state index in [1.165, 1.54) is 6.33 Å². The number of aryl methyl sites for hydroxylation is 1. The zero-order valence-corrected chi connectivity index (χ0v) is 12.0. The van der Waals surface area contributed by atoms with Gasteiger partial charge in [0.05, 0.1) is 6.61 Å². The molecule has 0 unspecified atom stereocenters. The molecule has 2 heterocycles. The zero-order valence-electron chi connectivity index (χ0n) is 12.0. The second-order valence-electron chi connectivity index (χ2n) is 4.95. The Balaban J connectivity index is 1.56. The van der Waals surface area contributed by atoms with Gasteiger partial charge < -0.3 is 15.0 Å². The van der Waals surface area contributed by atoms with Gasteiger partial charge in [0.1, 0.15) is 12.2 Å². The third-order valence-corrected chi connectivity index (χ3v) is 3.51. The molecule has 1 aromatic heterocycles. The summed E-state index contributed by atoms with van der Waals surface area (Å²) in [6.07, 6.45) is 5.27. The molecule has 0 aliphatic carbocycles. The number of nitrogens with one attached hydrogen (secondary N) is 2. The number of nitrogens with zero attached hydrogens (tertiary/aromatic N) is 3. The Morgan fingerprint density at radius 1 is 1.55 bits per heavy atom.